The molecule has 0 unspecified atom stereocenters. The number of nitrogens with zero attached hydrogens (tertiary/aromatic N) is 1. The standard InChI is InChI=1S/C13H15Cl2NO/c1-3-16(4-2)13(17)9-8-10-11(14)6-5-7-12(10)15/h5-9H,3-4H2,1-2H3/b9-8+. The van der Waals surface area contributed by atoms with E-state index < -0.39 is 0 Å². The zero-order valence-corrected chi connectivity index (χ0v) is 11.4. The van der Waals surface area contributed by atoms with Crippen LogP contribution in [-0.4, -0.2) is 23.9 Å². The van der Waals surface area contributed by atoms with Gasteiger partial charge in [-0.05, 0) is 32.1 Å². The second-order valence-corrected chi connectivity index (χ2v) is 4.29. The van der Waals surface area contributed by atoms with Gasteiger partial charge in [-0.25, -0.2) is 0 Å². The fraction of sp³-hybridized carbons (Fsp3) is 0.308. The first-order valence-electron chi connectivity index (χ1n) is 5.51. The van der Waals surface area contributed by atoms with Crippen LogP contribution in [-0.2, 0) is 4.79 Å². The maximum Gasteiger partial charge on any atom is 0.246 e. The van der Waals surface area contributed by atoms with E-state index in [4.69, 9.17) is 23.2 Å². The smallest absolute Gasteiger partial charge is 0.246 e. The van der Waals surface area contributed by atoms with Gasteiger partial charge in [-0.15, -0.1) is 0 Å². The SMILES string of the molecule is CCN(CC)C(=O)/C=C/c1c(Cl)cccc1Cl. The van der Waals surface area contributed by atoms with Crippen molar-refractivity contribution >= 4 is 35.2 Å². The van der Waals surface area contributed by atoms with Gasteiger partial charge < -0.3 is 4.90 Å². The van der Waals surface area contributed by atoms with Gasteiger partial charge in [-0.3, -0.25) is 4.79 Å². The van der Waals surface area contributed by atoms with Crippen LogP contribution in [0.5, 0.6) is 0 Å². The van der Waals surface area contributed by atoms with Crippen LogP contribution in [0.2, 0.25) is 10.0 Å². The number of amides is 1. The Bertz CT molecular complexity index is 405. The van der Waals surface area contributed by atoms with Crippen molar-refractivity contribution in [1.29, 1.82) is 0 Å². The van der Waals surface area contributed by atoms with Crippen molar-refractivity contribution in [2.75, 3.05) is 13.1 Å². The van der Waals surface area contributed by atoms with Crippen LogP contribution >= 0.6 is 23.2 Å². The van der Waals surface area contributed by atoms with Crippen LogP contribution in [0.15, 0.2) is 24.3 Å². The summed E-state index contributed by atoms with van der Waals surface area (Å²) in [6.45, 7) is 5.27. The van der Waals surface area contributed by atoms with Crippen molar-refractivity contribution in [3.8, 4) is 0 Å². The maximum atomic E-state index is 11.8. The quantitative estimate of drug-likeness (QED) is 0.762. The highest BCUT2D eigenvalue weighted by atomic mass is 35.5. The van der Waals surface area contributed by atoms with Gasteiger partial charge in [0.1, 0.15) is 0 Å². The zero-order chi connectivity index (χ0) is 12.8. The first-order chi connectivity index (χ1) is 8.10. The van der Waals surface area contributed by atoms with Gasteiger partial charge in [0.2, 0.25) is 5.91 Å². The van der Waals surface area contributed by atoms with Crippen LogP contribution < -0.4 is 0 Å². The Morgan fingerprint density at radius 2 is 1.76 bits per heavy atom. The van der Waals surface area contributed by atoms with E-state index in [0.717, 1.165) is 0 Å². The molecule has 0 aliphatic rings. The highest BCUT2D eigenvalue weighted by Crippen LogP contribution is 2.25. The third-order valence-electron chi connectivity index (χ3n) is 2.47. The molecule has 1 aromatic rings. The van der Waals surface area contributed by atoms with Gasteiger partial charge in [0.25, 0.3) is 0 Å². The number of rotatable bonds is 4. The second-order valence-electron chi connectivity index (χ2n) is 3.48. The molecule has 0 saturated heterocycles. The predicted molar refractivity (Wildman–Crippen MR) is 73.4 cm³/mol. The number of carbonyl (C=O) groups is 1. The van der Waals surface area contributed by atoms with Gasteiger partial charge in [0, 0.05) is 34.8 Å². The summed E-state index contributed by atoms with van der Waals surface area (Å²) in [7, 11) is 0. The van der Waals surface area contributed by atoms with Crippen molar-refractivity contribution in [2.45, 2.75) is 13.8 Å². The third kappa shape index (κ3) is 3.76. The maximum absolute atomic E-state index is 11.8. The molecule has 0 bridgehead atoms. The minimum absolute atomic E-state index is 0.0361. The molecule has 0 N–H and O–H groups in total. The molecule has 4 heteroatoms. The third-order valence-corrected chi connectivity index (χ3v) is 3.13. The van der Waals surface area contributed by atoms with Crippen molar-refractivity contribution < 1.29 is 4.79 Å². The lowest BCUT2D eigenvalue weighted by molar-refractivity contribution is -0.125. The Morgan fingerprint density at radius 3 is 2.24 bits per heavy atom. The van der Waals surface area contributed by atoms with Gasteiger partial charge >= 0.3 is 0 Å². The molecule has 1 amide bonds. The first-order valence-corrected chi connectivity index (χ1v) is 6.26. The highest BCUT2D eigenvalue weighted by Gasteiger charge is 2.06. The summed E-state index contributed by atoms with van der Waals surface area (Å²) >= 11 is 12.0. The molecule has 0 aliphatic carbocycles. The summed E-state index contributed by atoms with van der Waals surface area (Å²) in [5, 5.41) is 1.09. The van der Waals surface area contributed by atoms with Crippen LogP contribution in [0.1, 0.15) is 19.4 Å². The van der Waals surface area contributed by atoms with Gasteiger partial charge in [-0.1, -0.05) is 29.3 Å². The van der Waals surface area contributed by atoms with E-state index in [1.807, 2.05) is 13.8 Å². The Labute approximate surface area is 112 Å². The topological polar surface area (TPSA) is 20.3 Å². The zero-order valence-electron chi connectivity index (χ0n) is 9.91. The van der Waals surface area contributed by atoms with Crippen molar-refractivity contribution in [3.05, 3.63) is 39.9 Å². The molecule has 0 radical (unpaired) electrons. The lowest BCUT2D eigenvalue weighted by atomic mass is 10.2. The molecule has 1 rings (SSSR count). The number of carbonyl (C=O) groups excluding carboxylic acids is 1. The van der Waals surface area contributed by atoms with Gasteiger partial charge in [0.05, 0.1) is 0 Å². The molecule has 0 spiro atoms. The van der Waals surface area contributed by atoms with Gasteiger partial charge in [-0.2, -0.15) is 0 Å². The molecular formula is C13H15Cl2NO. The van der Waals surface area contributed by atoms with E-state index in [1.54, 1.807) is 29.2 Å². The number of hydrogen-bond acceptors (Lipinski definition) is 1. The molecule has 2 nitrogen and oxygen atoms in total. The highest BCUT2D eigenvalue weighted by molar-refractivity contribution is 6.37. The second kappa shape index (κ2) is 6.67. The van der Waals surface area contributed by atoms with Gasteiger partial charge in [0.15, 0.2) is 0 Å². The van der Waals surface area contributed by atoms with Crippen LogP contribution in [0.3, 0.4) is 0 Å². The molecular weight excluding hydrogens is 257 g/mol. The minimum atomic E-state index is -0.0361. The van der Waals surface area contributed by atoms with E-state index in [2.05, 4.69) is 0 Å². The van der Waals surface area contributed by atoms with E-state index in [-0.39, 0.29) is 5.91 Å². The minimum Gasteiger partial charge on any atom is -0.340 e. The summed E-state index contributed by atoms with van der Waals surface area (Å²) in [5.74, 6) is -0.0361. The number of halogens is 2. The summed E-state index contributed by atoms with van der Waals surface area (Å²) in [6, 6.07) is 5.26. The molecule has 0 heterocycles. The lowest BCUT2D eigenvalue weighted by Gasteiger charge is -2.15. The average molecular weight is 272 g/mol. The Morgan fingerprint density at radius 1 is 1.24 bits per heavy atom. The summed E-state index contributed by atoms with van der Waals surface area (Å²) in [5.41, 5.74) is 0.677. The molecule has 17 heavy (non-hydrogen) atoms. The number of benzene rings is 1. The van der Waals surface area contributed by atoms with E-state index >= 15 is 0 Å². The monoisotopic (exact) mass is 271 g/mol. The fourth-order valence-electron chi connectivity index (χ4n) is 1.47. The largest absolute Gasteiger partial charge is 0.340 e. The normalized spacial score (nSPS) is 10.8. The van der Waals surface area contributed by atoms with Crippen molar-refractivity contribution in [3.63, 3.8) is 0 Å². The van der Waals surface area contributed by atoms with E-state index in [9.17, 15) is 4.79 Å². The molecule has 0 fully saturated rings. The summed E-state index contributed by atoms with van der Waals surface area (Å²) in [4.78, 5) is 13.5. The van der Waals surface area contributed by atoms with E-state index in [1.165, 1.54) is 6.08 Å². The molecule has 0 atom stereocenters. The summed E-state index contributed by atoms with van der Waals surface area (Å²) in [6.07, 6.45) is 3.16. The predicted octanol–water partition coefficient (Wildman–Crippen LogP) is 3.88. The average Bonchev–Trinajstić information content (AvgIpc) is 2.30. The Balaban J connectivity index is 2.87. The first kappa shape index (κ1) is 14.1. The molecule has 0 saturated carbocycles. The van der Waals surface area contributed by atoms with Crippen LogP contribution in [0, 0.1) is 0 Å². The van der Waals surface area contributed by atoms with Crippen LogP contribution in [0.4, 0.5) is 0 Å². The Hall–Kier alpha value is -0.990. The molecule has 92 valence electrons. The molecule has 0 aliphatic heterocycles. The Kier molecular flexibility index (Phi) is 5.52. The number of hydrogen-bond donors (Lipinski definition) is 0. The van der Waals surface area contributed by atoms with Crippen LogP contribution in [0.25, 0.3) is 6.08 Å². The molecule has 1 aromatic carbocycles. The van der Waals surface area contributed by atoms with E-state index in [0.29, 0.717) is 28.7 Å². The number of likely N-dealkylation sites (N-methyl/N-ethyl adjacent to an activating group) is 1. The lowest BCUT2D eigenvalue weighted by Crippen LogP contribution is -2.28. The fourth-order valence-corrected chi connectivity index (χ4v) is 1.99. The molecule has 0 aromatic heterocycles. The van der Waals surface area contributed by atoms with Crippen molar-refractivity contribution in [1.82, 2.24) is 4.90 Å². The summed E-state index contributed by atoms with van der Waals surface area (Å²) < 4.78 is 0. The van der Waals surface area contributed by atoms with Crippen molar-refractivity contribution in [2.24, 2.45) is 0 Å².